The van der Waals surface area contributed by atoms with E-state index in [1.54, 1.807) is 66.4 Å². The molecule has 11 heteroatoms. The number of hydrogen-bond acceptors (Lipinski definition) is 5. The zero-order valence-electron chi connectivity index (χ0n) is 20.1. The van der Waals surface area contributed by atoms with Gasteiger partial charge in [-0.2, -0.15) is 9.40 Å². The second-order valence-corrected chi connectivity index (χ2v) is 10.7. The molecule has 1 saturated heterocycles. The summed E-state index contributed by atoms with van der Waals surface area (Å²) in [5.41, 5.74) is 1.45. The van der Waals surface area contributed by atoms with Crippen molar-refractivity contribution in [1.82, 2.24) is 24.0 Å². The number of carbonyl (C=O) groups is 1. The lowest BCUT2D eigenvalue weighted by atomic mass is 10.1. The maximum atomic E-state index is 14.0. The lowest BCUT2D eigenvalue weighted by molar-refractivity contribution is -0.133. The van der Waals surface area contributed by atoms with Crippen LogP contribution in [0.15, 0.2) is 71.6 Å². The predicted molar refractivity (Wildman–Crippen MR) is 134 cm³/mol. The standard InChI is InChI=1S/C26H25F2N5O3S/c1-18-24-21(25(27)28)16-22(19-8-4-2-5-9-19)29-26(24)33(30-18)17-23(34)31-12-14-32(15-13-31)37(35,36)20-10-6-3-7-11-20/h2-11,16,25H,12-15,17H2,1H3. The van der Waals surface area contributed by atoms with E-state index in [2.05, 4.69) is 10.1 Å². The highest BCUT2D eigenvalue weighted by atomic mass is 32.2. The number of fused-ring (bicyclic) bond motifs is 1. The van der Waals surface area contributed by atoms with Gasteiger partial charge in [0.2, 0.25) is 15.9 Å². The minimum absolute atomic E-state index is 0.161. The fourth-order valence-electron chi connectivity index (χ4n) is 4.57. The van der Waals surface area contributed by atoms with Gasteiger partial charge in [-0.1, -0.05) is 48.5 Å². The van der Waals surface area contributed by atoms with E-state index in [0.29, 0.717) is 17.0 Å². The molecule has 0 N–H and O–H groups in total. The molecule has 1 fully saturated rings. The smallest absolute Gasteiger partial charge is 0.264 e. The number of sulfonamides is 1. The van der Waals surface area contributed by atoms with Gasteiger partial charge in [0.05, 0.1) is 21.7 Å². The quantitative estimate of drug-likeness (QED) is 0.381. The Morgan fingerprint density at radius 2 is 1.59 bits per heavy atom. The van der Waals surface area contributed by atoms with Crippen molar-refractivity contribution < 1.29 is 22.0 Å². The molecule has 0 atom stereocenters. The van der Waals surface area contributed by atoms with E-state index in [0.717, 1.165) is 0 Å². The predicted octanol–water partition coefficient (Wildman–Crippen LogP) is 3.88. The Kier molecular flexibility index (Phi) is 6.74. The summed E-state index contributed by atoms with van der Waals surface area (Å²) in [7, 11) is -3.64. The normalized spacial score (nSPS) is 15.0. The van der Waals surface area contributed by atoms with E-state index >= 15 is 0 Å². The molecule has 0 radical (unpaired) electrons. The van der Waals surface area contributed by atoms with E-state index < -0.39 is 16.4 Å². The summed E-state index contributed by atoms with van der Waals surface area (Å²) >= 11 is 0. The van der Waals surface area contributed by atoms with Crippen molar-refractivity contribution in [2.45, 2.75) is 24.8 Å². The number of aryl methyl sites for hydroxylation is 1. The average Bonchev–Trinajstić information content (AvgIpc) is 3.23. The SMILES string of the molecule is Cc1nn(CC(=O)N2CCN(S(=O)(=O)c3ccccc3)CC2)c2nc(-c3ccccc3)cc(C(F)F)c12. The molecule has 1 aliphatic heterocycles. The summed E-state index contributed by atoms with van der Waals surface area (Å²) in [6.07, 6.45) is -2.74. The van der Waals surface area contributed by atoms with Crippen molar-refractivity contribution in [3.8, 4) is 11.3 Å². The van der Waals surface area contributed by atoms with Crippen molar-refractivity contribution in [3.05, 3.63) is 78.0 Å². The van der Waals surface area contributed by atoms with Crippen LogP contribution in [0.2, 0.25) is 0 Å². The van der Waals surface area contributed by atoms with Crippen molar-refractivity contribution in [3.63, 3.8) is 0 Å². The number of rotatable bonds is 6. The first-order valence-electron chi connectivity index (χ1n) is 11.8. The Hall–Kier alpha value is -3.70. The molecule has 37 heavy (non-hydrogen) atoms. The van der Waals surface area contributed by atoms with E-state index in [1.165, 1.54) is 15.1 Å². The number of aromatic nitrogens is 3. The van der Waals surface area contributed by atoms with Gasteiger partial charge in [0.25, 0.3) is 6.43 Å². The molecule has 1 amide bonds. The van der Waals surface area contributed by atoms with Crippen LogP contribution in [0.4, 0.5) is 8.78 Å². The van der Waals surface area contributed by atoms with Crippen LogP contribution in [0.5, 0.6) is 0 Å². The maximum Gasteiger partial charge on any atom is 0.264 e. The number of nitrogens with zero attached hydrogens (tertiary/aromatic N) is 5. The molecule has 1 aliphatic rings. The highest BCUT2D eigenvalue weighted by Crippen LogP contribution is 2.33. The van der Waals surface area contributed by atoms with Gasteiger partial charge < -0.3 is 4.90 Å². The van der Waals surface area contributed by atoms with Crippen LogP contribution in [0.3, 0.4) is 0 Å². The van der Waals surface area contributed by atoms with Gasteiger partial charge in [0.1, 0.15) is 6.54 Å². The van der Waals surface area contributed by atoms with Gasteiger partial charge in [-0.25, -0.2) is 26.9 Å². The number of alkyl halides is 2. The Morgan fingerprint density at radius 1 is 0.973 bits per heavy atom. The second-order valence-electron chi connectivity index (χ2n) is 8.80. The first kappa shape index (κ1) is 25.0. The molecular formula is C26H25F2N5O3S. The van der Waals surface area contributed by atoms with Crippen LogP contribution in [0.25, 0.3) is 22.3 Å². The molecule has 8 nitrogen and oxygen atoms in total. The monoisotopic (exact) mass is 525 g/mol. The summed E-state index contributed by atoms with van der Waals surface area (Å²) in [6, 6.07) is 18.5. The van der Waals surface area contributed by atoms with Crippen LogP contribution in [-0.4, -0.2) is 64.5 Å². The average molecular weight is 526 g/mol. The molecule has 0 saturated carbocycles. The fourth-order valence-corrected chi connectivity index (χ4v) is 6.02. The number of hydrogen-bond donors (Lipinski definition) is 0. The van der Waals surface area contributed by atoms with Crippen LogP contribution in [0, 0.1) is 6.92 Å². The molecule has 0 aliphatic carbocycles. The lowest BCUT2D eigenvalue weighted by Gasteiger charge is -2.34. The first-order valence-corrected chi connectivity index (χ1v) is 13.2. The van der Waals surface area contributed by atoms with Gasteiger partial charge in [-0.05, 0) is 25.1 Å². The van der Waals surface area contributed by atoms with Gasteiger partial charge in [0.15, 0.2) is 5.65 Å². The minimum atomic E-state index is -3.64. The number of amides is 1. The molecule has 4 aromatic rings. The highest BCUT2D eigenvalue weighted by molar-refractivity contribution is 7.89. The lowest BCUT2D eigenvalue weighted by Crippen LogP contribution is -2.51. The summed E-state index contributed by atoms with van der Waals surface area (Å²) in [4.78, 5) is 19.5. The fraction of sp³-hybridized carbons (Fsp3) is 0.269. The Morgan fingerprint density at radius 3 is 2.22 bits per heavy atom. The van der Waals surface area contributed by atoms with Gasteiger partial charge >= 0.3 is 0 Å². The van der Waals surface area contributed by atoms with E-state index in [9.17, 15) is 22.0 Å². The Labute approximate surface area is 213 Å². The number of benzene rings is 2. The van der Waals surface area contributed by atoms with E-state index in [-0.39, 0.29) is 60.1 Å². The van der Waals surface area contributed by atoms with Crippen LogP contribution >= 0.6 is 0 Å². The van der Waals surface area contributed by atoms with Crippen molar-refractivity contribution >= 4 is 27.0 Å². The third kappa shape index (κ3) is 4.84. The Bertz CT molecular complexity index is 1530. The Balaban J connectivity index is 1.38. The first-order chi connectivity index (χ1) is 17.8. The maximum absolute atomic E-state index is 14.0. The molecule has 0 bridgehead atoms. The molecule has 0 spiro atoms. The van der Waals surface area contributed by atoms with Crippen LogP contribution in [-0.2, 0) is 21.4 Å². The third-order valence-electron chi connectivity index (χ3n) is 6.47. The van der Waals surface area contributed by atoms with Crippen LogP contribution in [0.1, 0.15) is 17.7 Å². The molecule has 2 aromatic carbocycles. The van der Waals surface area contributed by atoms with E-state index in [1.807, 2.05) is 6.07 Å². The topological polar surface area (TPSA) is 88.4 Å². The summed E-state index contributed by atoms with van der Waals surface area (Å²) in [5.74, 6) is -0.285. The zero-order valence-corrected chi connectivity index (χ0v) is 20.9. The van der Waals surface area contributed by atoms with Crippen LogP contribution < -0.4 is 0 Å². The summed E-state index contributed by atoms with van der Waals surface area (Å²) in [5, 5.41) is 4.60. The van der Waals surface area contributed by atoms with Crippen molar-refractivity contribution in [1.29, 1.82) is 0 Å². The molecular weight excluding hydrogens is 500 g/mol. The number of carbonyl (C=O) groups excluding carboxylic acids is 1. The largest absolute Gasteiger partial charge is 0.338 e. The molecule has 2 aromatic heterocycles. The molecule has 0 unspecified atom stereocenters. The number of pyridine rings is 1. The summed E-state index contributed by atoms with van der Waals surface area (Å²) in [6.45, 7) is 2.18. The summed E-state index contributed by atoms with van der Waals surface area (Å²) < 4.78 is 56.5. The van der Waals surface area contributed by atoms with E-state index in [4.69, 9.17) is 0 Å². The second kappa shape index (κ2) is 9.98. The minimum Gasteiger partial charge on any atom is -0.338 e. The number of piperazine rings is 1. The molecule has 3 heterocycles. The van der Waals surface area contributed by atoms with Gasteiger partial charge in [-0.3, -0.25) is 4.79 Å². The zero-order chi connectivity index (χ0) is 26.2. The number of halogens is 2. The van der Waals surface area contributed by atoms with Crippen molar-refractivity contribution in [2.24, 2.45) is 0 Å². The van der Waals surface area contributed by atoms with Gasteiger partial charge in [-0.15, -0.1) is 0 Å². The highest BCUT2D eigenvalue weighted by Gasteiger charge is 2.30. The molecule has 5 rings (SSSR count). The molecule has 192 valence electrons. The van der Waals surface area contributed by atoms with Gasteiger partial charge in [0, 0.05) is 37.3 Å². The van der Waals surface area contributed by atoms with Crippen molar-refractivity contribution in [2.75, 3.05) is 26.2 Å². The third-order valence-corrected chi connectivity index (χ3v) is 8.38.